The summed E-state index contributed by atoms with van der Waals surface area (Å²) in [5, 5.41) is 13.0. The molecule has 5 aromatic rings. The number of H-pyrrole nitrogens is 1. The van der Waals surface area contributed by atoms with Gasteiger partial charge in [0, 0.05) is 36.8 Å². The van der Waals surface area contributed by atoms with E-state index in [2.05, 4.69) is 47.4 Å². The number of aryl methyl sites for hydroxylation is 1. The zero-order valence-electron chi connectivity index (χ0n) is 16.4. The van der Waals surface area contributed by atoms with Crippen molar-refractivity contribution in [1.82, 2.24) is 4.98 Å². The van der Waals surface area contributed by atoms with Crippen LogP contribution in [0.5, 0.6) is 0 Å². The van der Waals surface area contributed by atoms with E-state index < -0.39 is 5.97 Å². The van der Waals surface area contributed by atoms with E-state index in [1.54, 1.807) is 12.1 Å². The fraction of sp³-hybridized carbons (Fsp3) is 0.160. The number of carbonyl (C=O) groups is 1. The van der Waals surface area contributed by atoms with Gasteiger partial charge >= 0.3 is 5.97 Å². The van der Waals surface area contributed by atoms with Crippen LogP contribution in [0.25, 0.3) is 42.3 Å². The van der Waals surface area contributed by atoms with Crippen molar-refractivity contribution in [3.05, 3.63) is 71.8 Å². The highest BCUT2D eigenvalue weighted by molar-refractivity contribution is 7.25. The van der Waals surface area contributed by atoms with E-state index in [0.717, 1.165) is 41.4 Å². The molecule has 0 radical (unpaired) electrons. The van der Waals surface area contributed by atoms with Crippen LogP contribution in [0.2, 0.25) is 0 Å². The molecular weight excluding hydrogens is 392 g/mol. The van der Waals surface area contributed by atoms with Crippen LogP contribution in [-0.4, -0.2) is 22.6 Å². The van der Waals surface area contributed by atoms with Gasteiger partial charge in [0.15, 0.2) is 0 Å². The molecule has 0 amide bonds. The van der Waals surface area contributed by atoms with Gasteiger partial charge in [-0.1, -0.05) is 24.3 Å². The van der Waals surface area contributed by atoms with Gasteiger partial charge in [-0.15, -0.1) is 11.3 Å². The average Bonchev–Trinajstić information content (AvgIpc) is 3.31. The zero-order chi connectivity index (χ0) is 20.7. The van der Waals surface area contributed by atoms with Crippen molar-refractivity contribution in [1.29, 1.82) is 0 Å². The first-order valence-electron chi connectivity index (χ1n) is 10.2. The number of hydrogen-bond donors (Lipinski definition) is 3. The van der Waals surface area contributed by atoms with E-state index in [1.807, 2.05) is 17.4 Å². The molecule has 0 spiro atoms. The van der Waals surface area contributed by atoms with Crippen molar-refractivity contribution in [2.45, 2.75) is 19.3 Å². The lowest BCUT2D eigenvalue weighted by atomic mass is 9.98. The van der Waals surface area contributed by atoms with Crippen molar-refractivity contribution >= 4 is 48.4 Å². The van der Waals surface area contributed by atoms with Gasteiger partial charge in [0.25, 0.3) is 0 Å². The number of carboxylic acid groups (broad SMARTS) is 1. The van der Waals surface area contributed by atoms with Gasteiger partial charge in [0.1, 0.15) is 0 Å². The molecule has 5 heteroatoms. The van der Waals surface area contributed by atoms with Crippen LogP contribution < -0.4 is 5.73 Å². The molecule has 150 valence electrons. The normalized spacial score (nSPS) is 11.6. The number of nitrogens with two attached hydrogens (primary N) is 1. The fourth-order valence-electron chi connectivity index (χ4n) is 4.21. The van der Waals surface area contributed by atoms with Crippen molar-refractivity contribution in [3.8, 4) is 11.3 Å². The molecule has 0 aliphatic heterocycles. The molecule has 0 atom stereocenters. The standard InChI is InChI=1S/C25H22N2O2S/c26-12-4-3-6-18-19-14-16(25(28)29)8-10-21(19)27-24(18)15-9-11-23-20(13-15)17-5-1-2-7-22(17)30-23/h1-2,5,7-11,13-14,27H,3-4,6,12,26H2,(H,28,29). The summed E-state index contributed by atoms with van der Waals surface area (Å²) in [6.07, 6.45) is 2.77. The van der Waals surface area contributed by atoms with E-state index in [1.165, 1.54) is 25.7 Å². The molecule has 0 aliphatic carbocycles. The first kappa shape index (κ1) is 18.9. The molecule has 0 saturated carbocycles. The lowest BCUT2D eigenvalue weighted by molar-refractivity contribution is 0.0697. The lowest BCUT2D eigenvalue weighted by Crippen LogP contribution is -1.99. The Bertz CT molecular complexity index is 1400. The van der Waals surface area contributed by atoms with Gasteiger partial charge in [-0.2, -0.15) is 0 Å². The number of aromatic amines is 1. The summed E-state index contributed by atoms with van der Waals surface area (Å²) in [7, 11) is 0. The van der Waals surface area contributed by atoms with E-state index in [4.69, 9.17) is 5.73 Å². The molecule has 0 fully saturated rings. The average molecular weight is 415 g/mol. The highest BCUT2D eigenvalue weighted by Crippen LogP contribution is 2.38. The Kier molecular flexibility index (Phi) is 4.77. The third-order valence-corrected chi connectivity index (χ3v) is 6.85. The van der Waals surface area contributed by atoms with Gasteiger partial charge < -0.3 is 15.8 Å². The van der Waals surface area contributed by atoms with E-state index >= 15 is 0 Å². The number of nitrogens with one attached hydrogen (secondary N) is 1. The second-order valence-electron chi connectivity index (χ2n) is 7.60. The number of aromatic nitrogens is 1. The summed E-state index contributed by atoms with van der Waals surface area (Å²) in [5.41, 5.74) is 10.4. The quantitative estimate of drug-likeness (QED) is 0.290. The maximum Gasteiger partial charge on any atom is 0.335 e. The van der Waals surface area contributed by atoms with E-state index in [9.17, 15) is 9.90 Å². The summed E-state index contributed by atoms with van der Waals surface area (Å²) in [5.74, 6) is -0.904. The lowest BCUT2D eigenvalue weighted by Gasteiger charge is -2.06. The first-order valence-corrected chi connectivity index (χ1v) is 11.0. The molecular formula is C25H22N2O2S. The Labute approximate surface area is 178 Å². The number of benzene rings is 3. The zero-order valence-corrected chi connectivity index (χ0v) is 17.3. The summed E-state index contributed by atoms with van der Waals surface area (Å²) in [6.45, 7) is 0.658. The van der Waals surface area contributed by atoms with Gasteiger partial charge in [-0.25, -0.2) is 4.79 Å². The number of fused-ring (bicyclic) bond motifs is 4. The van der Waals surface area contributed by atoms with E-state index in [-0.39, 0.29) is 0 Å². The van der Waals surface area contributed by atoms with Crippen LogP contribution in [0, 0.1) is 0 Å². The molecule has 2 aromatic heterocycles. The SMILES string of the molecule is NCCCCc1c(-c2ccc3sc4ccccc4c3c2)[nH]c2ccc(C(=O)O)cc12. The maximum atomic E-state index is 11.5. The molecule has 5 rings (SSSR count). The molecule has 4 nitrogen and oxygen atoms in total. The number of thiophene rings is 1. The number of hydrogen-bond acceptors (Lipinski definition) is 3. The number of carboxylic acids is 1. The molecule has 0 saturated heterocycles. The second-order valence-corrected chi connectivity index (χ2v) is 8.68. The predicted molar refractivity (Wildman–Crippen MR) is 126 cm³/mol. The molecule has 3 aromatic carbocycles. The van der Waals surface area contributed by atoms with Crippen molar-refractivity contribution in [3.63, 3.8) is 0 Å². The summed E-state index contributed by atoms with van der Waals surface area (Å²) in [4.78, 5) is 15.1. The third kappa shape index (κ3) is 3.16. The number of rotatable bonds is 6. The Hall–Kier alpha value is -3.15. The molecule has 0 aliphatic rings. The Balaban J connectivity index is 1.71. The topological polar surface area (TPSA) is 79.1 Å². The van der Waals surface area contributed by atoms with Crippen LogP contribution in [0.15, 0.2) is 60.7 Å². The molecule has 0 bridgehead atoms. The summed E-state index contributed by atoms with van der Waals surface area (Å²) in [6, 6.07) is 20.4. The molecule has 0 unspecified atom stereocenters. The highest BCUT2D eigenvalue weighted by Gasteiger charge is 2.16. The monoisotopic (exact) mass is 414 g/mol. The van der Waals surface area contributed by atoms with Gasteiger partial charge in [-0.05, 0) is 73.3 Å². The van der Waals surface area contributed by atoms with Crippen LogP contribution in [0.4, 0.5) is 0 Å². The molecule has 30 heavy (non-hydrogen) atoms. The summed E-state index contributed by atoms with van der Waals surface area (Å²) < 4.78 is 2.56. The largest absolute Gasteiger partial charge is 0.478 e. The minimum Gasteiger partial charge on any atom is -0.478 e. The molecule has 4 N–H and O–H groups in total. The van der Waals surface area contributed by atoms with Crippen LogP contribution in [0.1, 0.15) is 28.8 Å². The van der Waals surface area contributed by atoms with Crippen LogP contribution in [0.3, 0.4) is 0 Å². The van der Waals surface area contributed by atoms with Crippen molar-refractivity contribution < 1.29 is 9.90 Å². The summed E-state index contributed by atoms with van der Waals surface area (Å²) >= 11 is 1.81. The second kappa shape index (κ2) is 7.59. The van der Waals surface area contributed by atoms with Gasteiger partial charge in [0.2, 0.25) is 0 Å². The number of aromatic carboxylic acids is 1. The number of unbranched alkanes of at least 4 members (excludes halogenated alkanes) is 1. The van der Waals surface area contributed by atoms with E-state index in [0.29, 0.717) is 12.1 Å². The maximum absolute atomic E-state index is 11.5. The van der Waals surface area contributed by atoms with Crippen LogP contribution in [-0.2, 0) is 6.42 Å². The molecule has 2 heterocycles. The van der Waals surface area contributed by atoms with Gasteiger partial charge in [0.05, 0.1) is 5.56 Å². The van der Waals surface area contributed by atoms with Crippen molar-refractivity contribution in [2.24, 2.45) is 5.73 Å². The Morgan fingerprint density at radius 1 is 0.933 bits per heavy atom. The Morgan fingerprint density at radius 2 is 1.77 bits per heavy atom. The predicted octanol–water partition coefficient (Wildman–Crippen LogP) is 6.18. The first-order chi connectivity index (χ1) is 14.7. The smallest absolute Gasteiger partial charge is 0.335 e. The third-order valence-electron chi connectivity index (χ3n) is 5.70. The Morgan fingerprint density at radius 3 is 2.60 bits per heavy atom. The van der Waals surface area contributed by atoms with Gasteiger partial charge in [-0.3, -0.25) is 0 Å². The fourth-order valence-corrected chi connectivity index (χ4v) is 5.30. The minimum atomic E-state index is -0.904. The van der Waals surface area contributed by atoms with Crippen LogP contribution >= 0.6 is 11.3 Å². The minimum absolute atomic E-state index is 0.312. The van der Waals surface area contributed by atoms with Crippen molar-refractivity contribution in [2.75, 3.05) is 6.54 Å². The highest BCUT2D eigenvalue weighted by atomic mass is 32.1.